The Morgan fingerprint density at radius 2 is 1.24 bits per heavy atom. The van der Waals surface area contributed by atoms with Crippen LogP contribution in [0.3, 0.4) is 0 Å². The maximum Gasteiger partial charge on any atom is 0.329 e. The minimum atomic E-state index is -1.33. The Bertz CT molecular complexity index is 1410. The second kappa shape index (κ2) is 8.52. The van der Waals surface area contributed by atoms with Gasteiger partial charge in [0.25, 0.3) is 0 Å². The fourth-order valence-corrected chi connectivity index (χ4v) is 7.35. The van der Waals surface area contributed by atoms with Crippen LogP contribution in [-0.2, 0) is 28.9 Å². The maximum absolute atomic E-state index is 13.9. The highest BCUT2D eigenvalue weighted by Gasteiger charge is 2.73. The Labute approximate surface area is 229 Å². The summed E-state index contributed by atoms with van der Waals surface area (Å²) in [5.41, 5.74) is 4.11. The van der Waals surface area contributed by atoms with E-state index in [2.05, 4.69) is 0 Å². The zero-order valence-electron chi connectivity index (χ0n) is 20.6. The lowest BCUT2D eigenvalue weighted by Gasteiger charge is -2.54. The predicted molar refractivity (Wildman–Crippen MR) is 141 cm³/mol. The van der Waals surface area contributed by atoms with E-state index in [9.17, 15) is 19.2 Å². The van der Waals surface area contributed by atoms with Crippen molar-refractivity contribution in [2.24, 2.45) is 11.8 Å². The summed E-state index contributed by atoms with van der Waals surface area (Å²) in [4.78, 5) is 51.6. The van der Waals surface area contributed by atoms with Gasteiger partial charge >= 0.3 is 5.97 Å². The number of aryl methyl sites for hydroxylation is 1. The van der Waals surface area contributed by atoms with Crippen LogP contribution in [-0.4, -0.2) is 41.1 Å². The molecule has 0 N–H and O–H groups in total. The van der Waals surface area contributed by atoms with Crippen LogP contribution in [0.5, 0.6) is 0 Å². The quantitative estimate of drug-likeness (QED) is 0.200. The van der Waals surface area contributed by atoms with Crippen molar-refractivity contribution < 1.29 is 23.9 Å². The molecule has 2 amide bonds. The first-order valence-electron chi connectivity index (χ1n) is 12.3. The second-order valence-electron chi connectivity index (χ2n) is 10.1. The summed E-state index contributed by atoms with van der Waals surface area (Å²) in [6.07, 6.45) is 0. The van der Waals surface area contributed by atoms with E-state index < -0.39 is 52.0 Å². The number of Topliss-reactive ketones (excluding diaryl/α,β-unsaturated/α-hetero) is 1. The molecule has 1 aliphatic heterocycles. The Hall–Kier alpha value is -3.48. The zero-order valence-corrected chi connectivity index (χ0v) is 22.1. The van der Waals surface area contributed by atoms with Gasteiger partial charge in [0, 0.05) is 5.56 Å². The van der Waals surface area contributed by atoms with E-state index in [1.165, 1.54) is 6.92 Å². The summed E-state index contributed by atoms with van der Waals surface area (Å²) in [6, 6.07) is 20.2. The summed E-state index contributed by atoms with van der Waals surface area (Å²) < 4.78 is 5.26. The lowest BCUT2D eigenvalue weighted by Crippen LogP contribution is -2.57. The second-order valence-corrected chi connectivity index (χ2v) is 11.3. The van der Waals surface area contributed by atoms with Crippen LogP contribution in [0.2, 0.25) is 0 Å². The molecule has 3 aliphatic carbocycles. The highest BCUT2D eigenvalue weighted by molar-refractivity contribution is 6.36. The van der Waals surface area contributed by atoms with Crippen LogP contribution in [0.25, 0.3) is 0 Å². The molecule has 192 valence electrons. The smallest absolute Gasteiger partial charge is 0.329 e. The molecule has 6 nitrogen and oxygen atoms in total. The summed E-state index contributed by atoms with van der Waals surface area (Å²) in [7, 11) is 0. The average molecular weight is 548 g/mol. The standard InChI is InChI=1S/C30H23Cl2NO5/c1-16-11-13-18(14-12-16)23(34)15-38-28(37)17(2)33-26(35)24-25(27(33)36)30(32)20-8-4-3-7-19(20)29(24,31)21-9-5-6-10-22(21)30/h3-14,17,24-25H,15H2,1-2H3/t17-,24+,25+,29?,30?/m0/s1. The number of alkyl halides is 2. The van der Waals surface area contributed by atoms with Gasteiger partial charge in [-0.05, 0) is 36.1 Å². The number of hydrogen-bond acceptors (Lipinski definition) is 5. The SMILES string of the molecule is Cc1ccc(C(=O)COC(=O)[C@H](C)N2C(=O)[C@H]3[C@H](C2=O)C2(Cl)c4ccccc4C3(Cl)c3ccccc32)cc1. The van der Waals surface area contributed by atoms with Crippen molar-refractivity contribution >= 4 is 46.8 Å². The van der Waals surface area contributed by atoms with Crippen LogP contribution in [0.15, 0.2) is 72.8 Å². The van der Waals surface area contributed by atoms with Gasteiger partial charge in [-0.2, -0.15) is 0 Å². The normalized spacial score (nSPS) is 27.4. The maximum atomic E-state index is 13.9. The van der Waals surface area contributed by atoms with Gasteiger partial charge in [0.2, 0.25) is 11.8 Å². The molecule has 1 heterocycles. The molecule has 3 atom stereocenters. The Kier molecular flexibility index (Phi) is 5.57. The van der Waals surface area contributed by atoms with E-state index in [-0.39, 0.29) is 5.78 Å². The first-order valence-corrected chi connectivity index (χ1v) is 13.1. The first-order chi connectivity index (χ1) is 18.1. The summed E-state index contributed by atoms with van der Waals surface area (Å²) in [6.45, 7) is 2.80. The molecule has 0 aromatic heterocycles. The van der Waals surface area contributed by atoms with Crippen LogP contribution in [0.4, 0.5) is 0 Å². The average Bonchev–Trinajstić information content (AvgIpc) is 3.21. The van der Waals surface area contributed by atoms with Crippen LogP contribution in [0, 0.1) is 18.8 Å². The number of amides is 2. The fourth-order valence-electron chi connectivity index (χ4n) is 6.26. The zero-order chi connectivity index (χ0) is 27.0. The van der Waals surface area contributed by atoms with E-state index in [1.807, 2.05) is 55.5 Å². The number of hydrogen-bond donors (Lipinski definition) is 0. The molecule has 4 aliphatic rings. The molecule has 0 saturated carbocycles. The van der Waals surface area contributed by atoms with Crippen molar-refractivity contribution in [1.29, 1.82) is 0 Å². The number of halogens is 2. The van der Waals surface area contributed by atoms with Crippen molar-refractivity contribution in [2.75, 3.05) is 6.61 Å². The number of ketones is 1. The molecule has 2 bridgehead atoms. The molecule has 0 spiro atoms. The number of nitrogens with zero attached hydrogens (tertiary/aromatic N) is 1. The Balaban J connectivity index is 1.33. The number of ether oxygens (including phenoxy) is 1. The van der Waals surface area contributed by atoms with Gasteiger partial charge in [-0.1, -0.05) is 78.4 Å². The topological polar surface area (TPSA) is 80.8 Å². The molecular formula is C30H23Cl2NO5. The molecule has 3 aromatic rings. The van der Waals surface area contributed by atoms with Gasteiger partial charge in [0.05, 0.1) is 11.8 Å². The summed E-state index contributed by atoms with van der Waals surface area (Å²) >= 11 is 14.8. The number of benzene rings is 3. The van der Waals surface area contributed by atoms with E-state index in [0.717, 1.165) is 10.5 Å². The molecule has 0 radical (unpaired) electrons. The number of imide groups is 1. The van der Waals surface area contributed by atoms with Crippen molar-refractivity contribution in [1.82, 2.24) is 4.90 Å². The van der Waals surface area contributed by atoms with Crippen LogP contribution in [0.1, 0.15) is 45.1 Å². The van der Waals surface area contributed by atoms with Gasteiger partial charge < -0.3 is 4.74 Å². The third kappa shape index (κ3) is 3.13. The number of carbonyl (C=O) groups excluding carboxylic acids is 4. The van der Waals surface area contributed by atoms with Crippen molar-refractivity contribution in [3.05, 3.63) is 106 Å². The number of carbonyl (C=O) groups is 4. The molecule has 38 heavy (non-hydrogen) atoms. The number of esters is 1. The monoisotopic (exact) mass is 547 g/mol. The van der Waals surface area contributed by atoms with E-state index in [1.54, 1.807) is 24.3 Å². The lowest BCUT2D eigenvalue weighted by molar-refractivity contribution is -0.157. The minimum absolute atomic E-state index is 0.387. The van der Waals surface area contributed by atoms with Crippen LogP contribution >= 0.6 is 23.2 Å². The molecule has 0 unspecified atom stereocenters. The largest absolute Gasteiger partial charge is 0.456 e. The first kappa shape index (κ1) is 24.8. The van der Waals surface area contributed by atoms with E-state index in [0.29, 0.717) is 27.8 Å². The fraction of sp³-hybridized carbons (Fsp3) is 0.267. The van der Waals surface area contributed by atoms with Crippen LogP contribution < -0.4 is 0 Å². The van der Waals surface area contributed by atoms with E-state index in [4.69, 9.17) is 27.9 Å². The molecule has 7 rings (SSSR count). The van der Waals surface area contributed by atoms with Crippen molar-refractivity contribution in [3.8, 4) is 0 Å². The van der Waals surface area contributed by atoms with Crippen molar-refractivity contribution in [3.63, 3.8) is 0 Å². The minimum Gasteiger partial charge on any atom is -0.456 e. The van der Waals surface area contributed by atoms with Crippen molar-refractivity contribution in [2.45, 2.75) is 29.6 Å². The van der Waals surface area contributed by atoms with Gasteiger partial charge in [-0.3, -0.25) is 19.3 Å². The Morgan fingerprint density at radius 3 is 1.66 bits per heavy atom. The highest BCUT2D eigenvalue weighted by atomic mass is 35.5. The van der Waals surface area contributed by atoms with Gasteiger partial charge in [0.1, 0.15) is 15.8 Å². The molecule has 1 saturated heterocycles. The van der Waals surface area contributed by atoms with Gasteiger partial charge in [0.15, 0.2) is 12.4 Å². The summed E-state index contributed by atoms with van der Waals surface area (Å²) in [5.74, 6) is -4.44. The molecule has 1 fully saturated rings. The van der Waals surface area contributed by atoms with E-state index >= 15 is 0 Å². The predicted octanol–water partition coefficient (Wildman–Crippen LogP) is 4.70. The summed E-state index contributed by atoms with van der Waals surface area (Å²) in [5, 5.41) is 0. The lowest BCUT2D eigenvalue weighted by atomic mass is 9.54. The third-order valence-electron chi connectivity index (χ3n) is 8.07. The molecule has 8 heteroatoms. The number of likely N-dealkylation sites (tertiary alicyclic amines) is 1. The molecule has 3 aromatic carbocycles. The highest BCUT2D eigenvalue weighted by Crippen LogP contribution is 2.69. The molecular weight excluding hydrogens is 525 g/mol. The Morgan fingerprint density at radius 1 is 0.816 bits per heavy atom. The van der Waals surface area contributed by atoms with Gasteiger partial charge in [-0.15, -0.1) is 23.2 Å². The number of rotatable bonds is 5. The van der Waals surface area contributed by atoms with Gasteiger partial charge in [-0.25, -0.2) is 4.79 Å². The third-order valence-corrected chi connectivity index (χ3v) is 9.35.